The van der Waals surface area contributed by atoms with Gasteiger partial charge in [-0.25, -0.2) is 9.78 Å². The van der Waals surface area contributed by atoms with E-state index in [0.29, 0.717) is 50.3 Å². The normalized spacial score (nSPS) is 18.3. The van der Waals surface area contributed by atoms with Crippen molar-refractivity contribution in [3.05, 3.63) is 72.0 Å². The summed E-state index contributed by atoms with van der Waals surface area (Å²) in [5, 5.41) is 6.56. The molecular formula is C31H38N8O3+. The third-order valence-electron chi connectivity index (χ3n) is 7.93. The van der Waals surface area contributed by atoms with Crippen LogP contribution in [0.4, 0.5) is 22.0 Å². The van der Waals surface area contributed by atoms with Crippen molar-refractivity contribution in [2.24, 2.45) is 10.9 Å². The molecule has 0 spiro atoms. The number of hydrogen-bond acceptors (Lipinski definition) is 8. The number of nitrogens with one attached hydrogen (secondary N) is 2. The van der Waals surface area contributed by atoms with Gasteiger partial charge in [-0.3, -0.25) is 9.69 Å². The Hall–Kier alpha value is -4.22. The summed E-state index contributed by atoms with van der Waals surface area (Å²) in [6.45, 7) is 8.58. The third kappa shape index (κ3) is 6.17. The number of ether oxygens (including phenoxy) is 1. The van der Waals surface area contributed by atoms with Crippen molar-refractivity contribution in [3.8, 4) is 0 Å². The number of aliphatic imine (C=N–C) groups is 1. The molecule has 1 aromatic carbocycles. The molecule has 0 unspecified atom stereocenters. The zero-order valence-electron chi connectivity index (χ0n) is 24.3. The lowest BCUT2D eigenvalue weighted by atomic mass is 10.1. The highest BCUT2D eigenvalue weighted by molar-refractivity contribution is 6.06. The second-order valence-electron chi connectivity index (χ2n) is 11.1. The third-order valence-corrected chi connectivity index (χ3v) is 7.93. The minimum absolute atomic E-state index is 0.0382. The molecule has 2 aromatic rings. The molecule has 11 nitrogen and oxygen atoms in total. The second kappa shape index (κ2) is 12.3. The smallest absolute Gasteiger partial charge is 0.321 e. The van der Waals surface area contributed by atoms with Crippen molar-refractivity contribution in [3.63, 3.8) is 0 Å². The predicted molar refractivity (Wildman–Crippen MR) is 164 cm³/mol. The number of benzene rings is 1. The average molecular weight is 571 g/mol. The van der Waals surface area contributed by atoms with E-state index in [-0.39, 0.29) is 11.9 Å². The zero-order chi connectivity index (χ0) is 29.1. The highest BCUT2D eigenvalue weighted by Gasteiger charge is 2.37. The summed E-state index contributed by atoms with van der Waals surface area (Å²) >= 11 is 0. The van der Waals surface area contributed by atoms with E-state index in [4.69, 9.17) is 4.74 Å². The molecular weight excluding hydrogens is 532 g/mol. The van der Waals surface area contributed by atoms with Crippen LogP contribution >= 0.6 is 0 Å². The Morgan fingerprint density at radius 1 is 1.17 bits per heavy atom. The van der Waals surface area contributed by atoms with Crippen LogP contribution < -0.4 is 20.4 Å². The Labute approximate surface area is 246 Å². The number of morpholine rings is 1. The first-order valence-electron chi connectivity index (χ1n) is 14.8. The highest BCUT2D eigenvalue weighted by Crippen LogP contribution is 2.32. The number of nitrogens with zero attached hydrogens (tertiary/aromatic N) is 6. The summed E-state index contributed by atoms with van der Waals surface area (Å²) in [5.41, 5.74) is 4.09. The summed E-state index contributed by atoms with van der Waals surface area (Å²) in [7, 11) is 0. The lowest BCUT2D eigenvalue weighted by molar-refractivity contribution is 0.0302. The van der Waals surface area contributed by atoms with Gasteiger partial charge >= 0.3 is 11.9 Å². The number of amidine groups is 1. The molecule has 11 heteroatoms. The van der Waals surface area contributed by atoms with Crippen LogP contribution in [0.5, 0.6) is 0 Å². The van der Waals surface area contributed by atoms with Gasteiger partial charge in [-0.1, -0.05) is 17.9 Å². The fourth-order valence-corrected chi connectivity index (χ4v) is 5.42. The molecule has 2 fully saturated rings. The van der Waals surface area contributed by atoms with Crippen molar-refractivity contribution in [2.45, 2.75) is 33.1 Å². The molecule has 0 atom stereocenters. The maximum absolute atomic E-state index is 13.2. The number of urea groups is 1. The second-order valence-corrected chi connectivity index (χ2v) is 11.1. The molecule has 1 aromatic heterocycles. The van der Waals surface area contributed by atoms with E-state index in [9.17, 15) is 9.59 Å². The molecule has 4 aliphatic rings. The Kier molecular flexibility index (Phi) is 8.20. The Morgan fingerprint density at radius 3 is 2.74 bits per heavy atom. The van der Waals surface area contributed by atoms with Crippen molar-refractivity contribution in [2.75, 3.05) is 61.6 Å². The Morgan fingerprint density at radius 2 is 2.00 bits per heavy atom. The van der Waals surface area contributed by atoms with Gasteiger partial charge in [0.05, 0.1) is 30.7 Å². The topological polar surface area (TPSA) is 108 Å². The minimum atomic E-state index is -0.0425. The summed E-state index contributed by atoms with van der Waals surface area (Å²) in [6.07, 6.45) is 10.7. The van der Waals surface area contributed by atoms with Crippen molar-refractivity contribution < 1.29 is 14.3 Å². The van der Waals surface area contributed by atoms with Gasteiger partial charge in [-0.2, -0.15) is 4.99 Å². The number of carbonyl (C=O) groups excluding carboxylic acids is 2. The number of aromatic nitrogens is 1. The van der Waals surface area contributed by atoms with Crippen LogP contribution in [-0.4, -0.2) is 78.6 Å². The minimum Gasteiger partial charge on any atom is -0.378 e. The molecule has 1 saturated heterocycles. The number of fused-ring (bicyclic) bond motifs is 1. The first-order valence-corrected chi connectivity index (χ1v) is 14.8. The van der Waals surface area contributed by atoms with Crippen LogP contribution in [0.1, 0.15) is 42.1 Å². The van der Waals surface area contributed by atoms with E-state index >= 15 is 0 Å². The lowest BCUT2D eigenvalue weighted by Crippen LogP contribution is -2.46. The molecule has 0 bridgehead atoms. The largest absolute Gasteiger partial charge is 0.378 e. The molecule has 4 heterocycles. The lowest BCUT2D eigenvalue weighted by Gasteiger charge is -2.28. The Bertz CT molecular complexity index is 1410. The number of carbonyl (C=O) groups is 2. The molecule has 6 rings (SSSR count). The summed E-state index contributed by atoms with van der Waals surface area (Å²) < 4.78 is 5.36. The van der Waals surface area contributed by atoms with Crippen LogP contribution in [0.2, 0.25) is 0 Å². The van der Waals surface area contributed by atoms with Gasteiger partial charge in [0.1, 0.15) is 11.5 Å². The van der Waals surface area contributed by atoms with Crippen molar-refractivity contribution in [1.82, 2.24) is 19.7 Å². The SMILES string of the molecule is CCCN(CC1CC1)C(=O)Nc1cccc(N2C=C(Nc3ccc(C(=O)N4CCOCC4)cn3)C3=NC=C[N+]3C2)c1C. The van der Waals surface area contributed by atoms with Crippen LogP contribution in [0.25, 0.3) is 0 Å². The van der Waals surface area contributed by atoms with Gasteiger partial charge in [0.2, 0.25) is 6.67 Å². The van der Waals surface area contributed by atoms with Crippen LogP contribution in [-0.2, 0) is 4.74 Å². The molecule has 1 aliphatic carbocycles. The van der Waals surface area contributed by atoms with Crippen LogP contribution in [0.3, 0.4) is 0 Å². The number of amides is 3. The van der Waals surface area contributed by atoms with E-state index in [0.717, 1.165) is 48.0 Å². The van der Waals surface area contributed by atoms with Gasteiger partial charge in [0, 0.05) is 44.3 Å². The first kappa shape index (κ1) is 27.9. The number of rotatable bonds is 9. The average Bonchev–Trinajstić information content (AvgIpc) is 3.71. The highest BCUT2D eigenvalue weighted by atomic mass is 16.5. The zero-order valence-corrected chi connectivity index (χ0v) is 24.3. The van der Waals surface area contributed by atoms with Crippen LogP contribution in [0.15, 0.2) is 65.8 Å². The van der Waals surface area contributed by atoms with Crippen molar-refractivity contribution >= 4 is 35.0 Å². The quantitative estimate of drug-likeness (QED) is 0.436. The van der Waals surface area contributed by atoms with Gasteiger partial charge in [-0.05, 0) is 61.9 Å². The van der Waals surface area contributed by atoms with E-state index in [1.165, 1.54) is 12.8 Å². The maximum atomic E-state index is 13.2. The van der Waals surface area contributed by atoms with E-state index in [1.807, 2.05) is 42.4 Å². The molecule has 3 aliphatic heterocycles. The number of pyridine rings is 1. The monoisotopic (exact) mass is 570 g/mol. The summed E-state index contributed by atoms with van der Waals surface area (Å²) in [5.74, 6) is 2.00. The van der Waals surface area contributed by atoms with E-state index in [1.54, 1.807) is 23.4 Å². The predicted octanol–water partition coefficient (Wildman–Crippen LogP) is 4.27. The van der Waals surface area contributed by atoms with E-state index in [2.05, 4.69) is 43.4 Å². The van der Waals surface area contributed by atoms with Gasteiger partial charge in [0.15, 0.2) is 6.20 Å². The standard InChI is InChI=1S/C31H38N8O3/c1-3-12-37(19-23-7-8-23)31(41)35-25-5-4-6-27(22(25)2)39-20-26(29-32-11-13-38(29)21-39)34-28-10-9-24(18-33-28)30(40)36-14-16-42-17-15-36/h4-6,9-11,13,18,20,23H,3,7-8,12,14-17,19,21H2,1-2H3,(H,33,34)(H,35,41)/q+1. The number of anilines is 3. The Balaban J connectivity index is 1.19. The fourth-order valence-electron chi connectivity index (χ4n) is 5.42. The first-order chi connectivity index (χ1) is 20.5. The molecule has 1 radical (unpaired) electrons. The van der Waals surface area contributed by atoms with Gasteiger partial charge in [-0.15, -0.1) is 0 Å². The molecule has 1 saturated carbocycles. The summed E-state index contributed by atoms with van der Waals surface area (Å²) in [4.78, 5) is 43.0. The molecule has 3 amide bonds. The van der Waals surface area contributed by atoms with Gasteiger partial charge in [0.25, 0.3) is 5.91 Å². The van der Waals surface area contributed by atoms with Crippen LogP contribution in [0, 0.1) is 12.8 Å². The molecule has 42 heavy (non-hydrogen) atoms. The number of hydrogen-bond donors (Lipinski definition) is 2. The van der Waals surface area contributed by atoms with Crippen molar-refractivity contribution in [1.29, 1.82) is 0 Å². The summed E-state index contributed by atoms with van der Waals surface area (Å²) in [6, 6.07) is 9.54. The van der Waals surface area contributed by atoms with Gasteiger partial charge < -0.3 is 25.2 Å². The maximum Gasteiger partial charge on any atom is 0.321 e. The fraction of sp³-hybridized carbons (Fsp3) is 0.419. The molecule has 219 valence electrons. The van der Waals surface area contributed by atoms with E-state index < -0.39 is 0 Å². The molecule has 2 N–H and O–H groups in total.